The molecule has 0 saturated carbocycles. The van der Waals surface area contributed by atoms with Gasteiger partial charge in [-0.25, -0.2) is 0 Å². The smallest absolute Gasteiger partial charge is 0.307 e. The van der Waals surface area contributed by atoms with Gasteiger partial charge in [0.25, 0.3) is 0 Å². The Hall–Kier alpha value is -1.43. The lowest BCUT2D eigenvalue weighted by atomic mass is 10.1. The minimum Gasteiger partial charge on any atom is -0.481 e. The summed E-state index contributed by atoms with van der Waals surface area (Å²) in [6.45, 7) is 5.62. The fraction of sp³-hybridized carbons (Fsp3) is 0.769. The van der Waals surface area contributed by atoms with Crippen LogP contribution in [0.5, 0.6) is 0 Å². The fourth-order valence-corrected chi connectivity index (χ4v) is 2.26. The third-order valence-electron chi connectivity index (χ3n) is 3.71. The highest BCUT2D eigenvalue weighted by atomic mass is 16.4. The summed E-state index contributed by atoms with van der Waals surface area (Å²) in [4.78, 5) is 37.9. The van der Waals surface area contributed by atoms with E-state index in [2.05, 4.69) is 0 Å². The standard InChI is InChI=1S/C13H22N2O4/c1-5-9(3)15-11(16)6-10(12(15)17)14(4)7-8(2)13(18)19/h8-10H,5-7H2,1-4H3,(H,18,19). The van der Waals surface area contributed by atoms with E-state index in [-0.39, 0.29) is 30.8 Å². The Morgan fingerprint density at radius 1 is 1.47 bits per heavy atom. The Balaban J connectivity index is 2.73. The summed E-state index contributed by atoms with van der Waals surface area (Å²) in [5.74, 6) is -1.84. The van der Waals surface area contributed by atoms with Crippen LogP contribution in [0.1, 0.15) is 33.6 Å². The lowest BCUT2D eigenvalue weighted by Crippen LogP contribution is -2.44. The van der Waals surface area contributed by atoms with Gasteiger partial charge in [0.1, 0.15) is 0 Å². The zero-order valence-corrected chi connectivity index (χ0v) is 11.9. The Morgan fingerprint density at radius 2 is 2.05 bits per heavy atom. The van der Waals surface area contributed by atoms with Crippen LogP contribution in [0.15, 0.2) is 0 Å². The maximum atomic E-state index is 12.2. The van der Waals surface area contributed by atoms with E-state index in [0.29, 0.717) is 0 Å². The number of hydrogen-bond donors (Lipinski definition) is 1. The van der Waals surface area contributed by atoms with Gasteiger partial charge >= 0.3 is 5.97 Å². The number of carbonyl (C=O) groups excluding carboxylic acids is 2. The number of aliphatic carboxylic acids is 1. The number of carbonyl (C=O) groups is 3. The van der Waals surface area contributed by atoms with Gasteiger partial charge in [-0.05, 0) is 20.4 Å². The van der Waals surface area contributed by atoms with Crippen molar-refractivity contribution in [2.24, 2.45) is 5.92 Å². The van der Waals surface area contributed by atoms with Gasteiger partial charge in [0.2, 0.25) is 11.8 Å². The van der Waals surface area contributed by atoms with E-state index in [4.69, 9.17) is 5.11 Å². The zero-order valence-electron chi connectivity index (χ0n) is 11.9. The first-order chi connectivity index (χ1) is 8.79. The molecule has 6 nitrogen and oxygen atoms in total. The molecule has 19 heavy (non-hydrogen) atoms. The van der Waals surface area contributed by atoms with Gasteiger partial charge in [0.05, 0.1) is 18.4 Å². The van der Waals surface area contributed by atoms with E-state index in [1.165, 1.54) is 4.90 Å². The Kier molecular flexibility index (Phi) is 5.05. The fourth-order valence-electron chi connectivity index (χ4n) is 2.26. The topological polar surface area (TPSA) is 77.9 Å². The molecular weight excluding hydrogens is 248 g/mol. The van der Waals surface area contributed by atoms with Crippen molar-refractivity contribution in [2.45, 2.75) is 45.7 Å². The Bertz CT molecular complexity index is 383. The van der Waals surface area contributed by atoms with Gasteiger partial charge in [0, 0.05) is 12.6 Å². The van der Waals surface area contributed by atoms with Gasteiger partial charge in [-0.2, -0.15) is 0 Å². The SMILES string of the molecule is CCC(C)N1C(=O)CC(N(C)CC(C)C(=O)O)C1=O. The average Bonchev–Trinajstić information content (AvgIpc) is 2.63. The molecule has 0 bridgehead atoms. The van der Waals surface area contributed by atoms with Crippen molar-refractivity contribution < 1.29 is 19.5 Å². The molecule has 0 aliphatic carbocycles. The maximum absolute atomic E-state index is 12.2. The minimum absolute atomic E-state index is 0.102. The van der Waals surface area contributed by atoms with E-state index in [1.807, 2.05) is 13.8 Å². The lowest BCUT2D eigenvalue weighted by molar-refractivity contribution is -0.144. The first-order valence-corrected chi connectivity index (χ1v) is 6.58. The summed E-state index contributed by atoms with van der Waals surface area (Å²) >= 11 is 0. The van der Waals surface area contributed by atoms with Crippen LogP contribution >= 0.6 is 0 Å². The van der Waals surface area contributed by atoms with E-state index in [9.17, 15) is 14.4 Å². The summed E-state index contributed by atoms with van der Waals surface area (Å²) in [5, 5.41) is 8.88. The van der Waals surface area contributed by atoms with Crippen molar-refractivity contribution in [3.8, 4) is 0 Å². The summed E-state index contributed by atoms with van der Waals surface area (Å²) in [6.07, 6.45) is 0.867. The van der Waals surface area contributed by atoms with Crippen molar-refractivity contribution in [1.29, 1.82) is 0 Å². The van der Waals surface area contributed by atoms with Gasteiger partial charge in [-0.1, -0.05) is 13.8 Å². The molecule has 0 aromatic heterocycles. The van der Waals surface area contributed by atoms with Crippen molar-refractivity contribution in [1.82, 2.24) is 9.80 Å². The summed E-state index contributed by atoms with van der Waals surface area (Å²) in [7, 11) is 1.69. The van der Waals surface area contributed by atoms with Crippen LogP contribution in [0.4, 0.5) is 0 Å². The van der Waals surface area contributed by atoms with Crippen molar-refractivity contribution in [3.63, 3.8) is 0 Å². The monoisotopic (exact) mass is 270 g/mol. The van der Waals surface area contributed by atoms with Gasteiger partial charge < -0.3 is 5.11 Å². The highest BCUT2D eigenvalue weighted by molar-refractivity contribution is 6.05. The molecule has 0 aromatic rings. The summed E-state index contributed by atoms with van der Waals surface area (Å²) in [6, 6.07) is -0.626. The first-order valence-electron chi connectivity index (χ1n) is 6.58. The number of rotatable bonds is 6. The zero-order chi connectivity index (χ0) is 14.7. The molecule has 1 N–H and O–H groups in total. The van der Waals surface area contributed by atoms with Gasteiger partial charge in [0.15, 0.2) is 0 Å². The number of carboxylic acids is 1. The first kappa shape index (κ1) is 15.6. The predicted octanol–water partition coefficient (Wildman–Crippen LogP) is 0.565. The molecule has 1 saturated heterocycles. The minimum atomic E-state index is -0.901. The average molecular weight is 270 g/mol. The van der Waals surface area contributed by atoms with Crippen LogP contribution in [0.2, 0.25) is 0 Å². The summed E-state index contributed by atoms with van der Waals surface area (Å²) < 4.78 is 0. The normalized spacial score (nSPS) is 23.0. The Labute approximate surface area is 113 Å². The number of likely N-dealkylation sites (tertiary alicyclic amines) is 1. The molecule has 1 rings (SSSR count). The second-order valence-corrected chi connectivity index (χ2v) is 5.26. The third-order valence-corrected chi connectivity index (χ3v) is 3.71. The van der Waals surface area contributed by atoms with Gasteiger partial charge in [-0.3, -0.25) is 24.2 Å². The Morgan fingerprint density at radius 3 is 2.53 bits per heavy atom. The molecule has 3 unspecified atom stereocenters. The van der Waals surface area contributed by atoms with Crippen molar-refractivity contribution in [3.05, 3.63) is 0 Å². The third kappa shape index (κ3) is 3.32. The van der Waals surface area contributed by atoms with Gasteiger partial charge in [-0.15, -0.1) is 0 Å². The molecule has 1 heterocycles. The van der Waals surface area contributed by atoms with Crippen LogP contribution in [-0.2, 0) is 14.4 Å². The molecular formula is C13H22N2O4. The van der Waals surface area contributed by atoms with Crippen molar-refractivity contribution in [2.75, 3.05) is 13.6 Å². The predicted molar refractivity (Wildman–Crippen MR) is 69.4 cm³/mol. The molecule has 3 atom stereocenters. The highest BCUT2D eigenvalue weighted by Gasteiger charge is 2.42. The van der Waals surface area contributed by atoms with Crippen molar-refractivity contribution >= 4 is 17.8 Å². The van der Waals surface area contributed by atoms with E-state index in [0.717, 1.165) is 6.42 Å². The summed E-state index contributed by atoms with van der Waals surface area (Å²) in [5.41, 5.74) is 0. The van der Waals surface area contributed by atoms with Crippen LogP contribution in [0, 0.1) is 5.92 Å². The van der Waals surface area contributed by atoms with Crippen LogP contribution < -0.4 is 0 Å². The number of nitrogens with zero attached hydrogens (tertiary/aromatic N) is 2. The van der Waals surface area contributed by atoms with E-state index in [1.54, 1.807) is 18.9 Å². The number of imide groups is 1. The molecule has 108 valence electrons. The second-order valence-electron chi connectivity index (χ2n) is 5.26. The van der Waals surface area contributed by atoms with Crippen LogP contribution in [0.3, 0.4) is 0 Å². The quantitative estimate of drug-likeness (QED) is 0.714. The number of likely N-dealkylation sites (N-methyl/N-ethyl adjacent to an activating group) is 1. The van der Waals surface area contributed by atoms with Crippen LogP contribution in [0.25, 0.3) is 0 Å². The number of hydrogen-bond acceptors (Lipinski definition) is 4. The maximum Gasteiger partial charge on any atom is 0.307 e. The highest BCUT2D eigenvalue weighted by Crippen LogP contribution is 2.22. The second kappa shape index (κ2) is 6.14. The molecule has 2 amide bonds. The number of carboxylic acid groups (broad SMARTS) is 1. The molecule has 0 spiro atoms. The van der Waals surface area contributed by atoms with Crippen LogP contribution in [-0.4, -0.2) is 58.4 Å². The molecule has 6 heteroatoms. The molecule has 0 radical (unpaired) electrons. The molecule has 1 aliphatic heterocycles. The number of amides is 2. The van der Waals surface area contributed by atoms with E-state index < -0.39 is 17.9 Å². The van der Waals surface area contributed by atoms with E-state index >= 15 is 0 Å². The lowest BCUT2D eigenvalue weighted by Gasteiger charge is -2.26. The molecule has 1 fully saturated rings. The molecule has 0 aromatic carbocycles. The molecule has 1 aliphatic rings. The largest absolute Gasteiger partial charge is 0.481 e.